The van der Waals surface area contributed by atoms with E-state index in [1.165, 1.54) is 6.07 Å². The summed E-state index contributed by atoms with van der Waals surface area (Å²) in [4.78, 5) is 23.6. The molecule has 5 nitrogen and oxygen atoms in total. The number of aromatic carboxylic acids is 1. The zero-order chi connectivity index (χ0) is 17.8. The van der Waals surface area contributed by atoms with Crippen molar-refractivity contribution in [2.75, 3.05) is 5.32 Å². The van der Waals surface area contributed by atoms with Crippen molar-refractivity contribution < 1.29 is 14.7 Å². The van der Waals surface area contributed by atoms with Crippen LogP contribution in [0, 0.1) is 11.3 Å². The third-order valence-electron chi connectivity index (χ3n) is 3.78. The number of carbonyl (C=O) groups excluding carboxylic acids is 1. The summed E-state index contributed by atoms with van der Waals surface area (Å²) in [6.45, 7) is 0. The normalized spacial score (nSPS) is 10.4. The lowest BCUT2D eigenvalue weighted by atomic mass is 10.0. The maximum Gasteiger partial charge on any atom is 0.338 e. The number of carboxylic acids is 1. The standard InChI is InChI=1S/C19H14N2O3S/c20-11-15-10-16(19(23)24)18(25-15)21-17(22)8-6-12-5-7-13-3-1-2-4-14(13)9-12/h1-5,7,9-10H,6,8H2,(H,21,22)(H,23,24). The van der Waals surface area contributed by atoms with Gasteiger partial charge in [0.05, 0.1) is 5.56 Å². The molecule has 25 heavy (non-hydrogen) atoms. The highest BCUT2D eigenvalue weighted by Gasteiger charge is 2.17. The minimum absolute atomic E-state index is 0.0550. The summed E-state index contributed by atoms with van der Waals surface area (Å²) in [6, 6.07) is 17.2. The molecule has 0 saturated heterocycles. The van der Waals surface area contributed by atoms with Crippen molar-refractivity contribution in [2.24, 2.45) is 0 Å². The number of benzene rings is 2. The largest absolute Gasteiger partial charge is 0.478 e. The number of thiophene rings is 1. The van der Waals surface area contributed by atoms with E-state index in [1.807, 2.05) is 48.5 Å². The van der Waals surface area contributed by atoms with Crippen LogP contribution < -0.4 is 5.32 Å². The fraction of sp³-hybridized carbons (Fsp3) is 0.105. The van der Waals surface area contributed by atoms with Crippen LogP contribution in [0.3, 0.4) is 0 Å². The predicted octanol–water partition coefficient (Wildman–Crippen LogP) is 4.04. The summed E-state index contributed by atoms with van der Waals surface area (Å²) in [7, 11) is 0. The highest BCUT2D eigenvalue weighted by Crippen LogP contribution is 2.28. The molecule has 3 rings (SSSR count). The molecular weight excluding hydrogens is 336 g/mol. The van der Waals surface area contributed by atoms with Crippen LogP contribution in [0.2, 0.25) is 0 Å². The van der Waals surface area contributed by atoms with E-state index in [0.29, 0.717) is 6.42 Å². The lowest BCUT2D eigenvalue weighted by molar-refractivity contribution is -0.116. The number of carbonyl (C=O) groups is 2. The van der Waals surface area contributed by atoms with E-state index in [-0.39, 0.29) is 27.8 Å². The number of rotatable bonds is 5. The fourth-order valence-corrected chi connectivity index (χ4v) is 3.40. The van der Waals surface area contributed by atoms with Gasteiger partial charge < -0.3 is 10.4 Å². The zero-order valence-electron chi connectivity index (χ0n) is 13.2. The molecule has 0 aliphatic carbocycles. The first-order valence-electron chi connectivity index (χ1n) is 7.61. The number of anilines is 1. The van der Waals surface area contributed by atoms with Gasteiger partial charge in [-0.2, -0.15) is 5.26 Å². The number of aryl methyl sites for hydroxylation is 1. The Kier molecular flexibility index (Phi) is 4.78. The van der Waals surface area contributed by atoms with Crippen LogP contribution in [0.15, 0.2) is 48.5 Å². The van der Waals surface area contributed by atoms with Gasteiger partial charge in [0.1, 0.15) is 15.9 Å². The van der Waals surface area contributed by atoms with Crippen LogP contribution in [0.4, 0.5) is 5.00 Å². The molecule has 6 heteroatoms. The van der Waals surface area contributed by atoms with Gasteiger partial charge in [0.15, 0.2) is 0 Å². The van der Waals surface area contributed by atoms with Gasteiger partial charge in [0.25, 0.3) is 0 Å². The molecule has 0 saturated carbocycles. The number of nitriles is 1. The summed E-state index contributed by atoms with van der Waals surface area (Å²) in [5.41, 5.74) is 0.983. The third-order valence-corrected chi connectivity index (χ3v) is 4.74. The number of fused-ring (bicyclic) bond motifs is 1. The van der Waals surface area contributed by atoms with Crippen molar-refractivity contribution in [2.45, 2.75) is 12.8 Å². The Labute approximate surface area is 148 Å². The van der Waals surface area contributed by atoms with E-state index < -0.39 is 5.97 Å². The van der Waals surface area contributed by atoms with Crippen LogP contribution in [-0.4, -0.2) is 17.0 Å². The van der Waals surface area contributed by atoms with Crippen LogP contribution in [0.1, 0.15) is 27.2 Å². The molecule has 3 aromatic rings. The zero-order valence-corrected chi connectivity index (χ0v) is 14.0. The molecule has 2 N–H and O–H groups in total. The highest BCUT2D eigenvalue weighted by molar-refractivity contribution is 7.17. The Morgan fingerprint density at radius 3 is 2.60 bits per heavy atom. The van der Waals surface area contributed by atoms with E-state index >= 15 is 0 Å². The number of nitrogens with one attached hydrogen (secondary N) is 1. The summed E-state index contributed by atoms with van der Waals surface area (Å²) in [5.74, 6) is -1.44. The first-order chi connectivity index (χ1) is 12.1. The summed E-state index contributed by atoms with van der Waals surface area (Å²) in [5, 5.41) is 23.1. The first kappa shape index (κ1) is 16.7. The lowest BCUT2D eigenvalue weighted by Crippen LogP contribution is -2.13. The van der Waals surface area contributed by atoms with Gasteiger partial charge >= 0.3 is 5.97 Å². The van der Waals surface area contributed by atoms with Crippen LogP contribution in [0.25, 0.3) is 10.8 Å². The highest BCUT2D eigenvalue weighted by atomic mass is 32.1. The number of carboxylic acid groups (broad SMARTS) is 1. The Morgan fingerprint density at radius 1 is 1.12 bits per heavy atom. The van der Waals surface area contributed by atoms with Crippen LogP contribution in [0.5, 0.6) is 0 Å². The summed E-state index contributed by atoms with van der Waals surface area (Å²) in [6.07, 6.45) is 0.784. The second-order valence-electron chi connectivity index (χ2n) is 5.50. The van der Waals surface area contributed by atoms with Gasteiger partial charge in [-0.1, -0.05) is 42.5 Å². The Morgan fingerprint density at radius 2 is 1.88 bits per heavy atom. The maximum atomic E-state index is 12.1. The van der Waals surface area contributed by atoms with Gasteiger partial charge in [-0.3, -0.25) is 4.79 Å². The molecule has 1 amide bonds. The molecule has 0 unspecified atom stereocenters. The van der Waals surface area contributed by atoms with Crippen molar-refractivity contribution in [1.29, 1.82) is 5.26 Å². The van der Waals surface area contributed by atoms with Crippen molar-refractivity contribution in [3.63, 3.8) is 0 Å². The summed E-state index contributed by atoms with van der Waals surface area (Å²) >= 11 is 0.966. The molecule has 2 aromatic carbocycles. The number of hydrogen-bond acceptors (Lipinski definition) is 4. The minimum atomic E-state index is -1.16. The van der Waals surface area contributed by atoms with Gasteiger partial charge in [-0.05, 0) is 28.8 Å². The van der Waals surface area contributed by atoms with Gasteiger partial charge in [0.2, 0.25) is 5.91 Å². The van der Waals surface area contributed by atoms with E-state index in [2.05, 4.69) is 5.32 Å². The molecule has 0 bridgehead atoms. The Hall–Kier alpha value is -3.17. The molecule has 1 heterocycles. The molecule has 0 fully saturated rings. The van der Waals surface area contributed by atoms with Crippen LogP contribution >= 0.6 is 11.3 Å². The Balaban J connectivity index is 1.67. The van der Waals surface area contributed by atoms with E-state index in [1.54, 1.807) is 0 Å². The van der Waals surface area contributed by atoms with Crippen molar-refractivity contribution in [3.05, 3.63) is 64.5 Å². The number of amides is 1. The smallest absolute Gasteiger partial charge is 0.338 e. The molecule has 124 valence electrons. The van der Waals surface area contributed by atoms with E-state index in [4.69, 9.17) is 10.4 Å². The second kappa shape index (κ2) is 7.16. The quantitative estimate of drug-likeness (QED) is 0.726. The van der Waals surface area contributed by atoms with Crippen molar-refractivity contribution in [3.8, 4) is 6.07 Å². The number of nitrogens with zero attached hydrogens (tertiary/aromatic N) is 1. The van der Waals surface area contributed by atoms with Crippen molar-refractivity contribution >= 4 is 39.0 Å². The second-order valence-corrected chi connectivity index (χ2v) is 6.55. The fourth-order valence-electron chi connectivity index (χ4n) is 2.54. The molecule has 0 aliphatic rings. The van der Waals surface area contributed by atoms with E-state index in [0.717, 1.165) is 27.7 Å². The molecular formula is C19H14N2O3S. The first-order valence-corrected chi connectivity index (χ1v) is 8.43. The predicted molar refractivity (Wildman–Crippen MR) is 96.9 cm³/mol. The lowest BCUT2D eigenvalue weighted by Gasteiger charge is -2.06. The molecule has 1 aromatic heterocycles. The monoisotopic (exact) mass is 350 g/mol. The van der Waals surface area contributed by atoms with Crippen molar-refractivity contribution in [1.82, 2.24) is 0 Å². The van der Waals surface area contributed by atoms with E-state index in [9.17, 15) is 9.59 Å². The maximum absolute atomic E-state index is 12.1. The van der Waals surface area contributed by atoms with Gasteiger partial charge in [-0.25, -0.2) is 4.79 Å². The van der Waals surface area contributed by atoms with Gasteiger partial charge in [0, 0.05) is 6.42 Å². The van der Waals surface area contributed by atoms with Gasteiger partial charge in [-0.15, -0.1) is 11.3 Å². The number of hydrogen-bond donors (Lipinski definition) is 2. The van der Waals surface area contributed by atoms with Crippen LogP contribution in [-0.2, 0) is 11.2 Å². The molecule has 0 radical (unpaired) electrons. The average molecular weight is 350 g/mol. The third kappa shape index (κ3) is 3.84. The topological polar surface area (TPSA) is 90.2 Å². The summed E-state index contributed by atoms with van der Waals surface area (Å²) < 4.78 is 0. The molecule has 0 atom stereocenters. The SMILES string of the molecule is N#Cc1cc(C(=O)O)c(NC(=O)CCc2ccc3ccccc3c2)s1. The molecule has 0 spiro atoms. The minimum Gasteiger partial charge on any atom is -0.478 e. The average Bonchev–Trinajstić information content (AvgIpc) is 3.03. The Bertz CT molecular complexity index is 1000. The molecule has 0 aliphatic heterocycles.